The lowest BCUT2D eigenvalue weighted by molar-refractivity contribution is 0.209. The molecule has 0 aromatic carbocycles. The minimum absolute atomic E-state index is 0.382. The van der Waals surface area contributed by atoms with E-state index >= 15 is 0 Å². The zero-order valence-corrected chi connectivity index (χ0v) is 5.18. The van der Waals surface area contributed by atoms with Gasteiger partial charge in [0.15, 0.2) is 0 Å². The molecule has 0 aliphatic rings. The van der Waals surface area contributed by atoms with Crippen LogP contribution in [0.1, 0.15) is 0 Å². The number of hydrogen-bond donors (Lipinski definition) is 2. The summed E-state index contributed by atoms with van der Waals surface area (Å²) in [5, 5.41) is 11.9. The first-order valence-electron chi connectivity index (χ1n) is 2.19. The molecular weight excluding hydrogens is 140 g/mol. The van der Waals surface area contributed by atoms with Crippen molar-refractivity contribution in [3.05, 3.63) is 11.4 Å². The maximum atomic E-state index is 9.92. The zero-order valence-electron chi connectivity index (χ0n) is 4.37. The van der Waals surface area contributed by atoms with Crippen LogP contribution in [0.25, 0.3) is 0 Å². The largest absolute Gasteiger partial charge is 0.465 e. The second kappa shape index (κ2) is 2.45. The Labute approximate surface area is 55.3 Å². The molecule has 48 valence electrons. The quantitative estimate of drug-likeness (QED) is 0.623. The minimum atomic E-state index is -1.08. The zero-order chi connectivity index (χ0) is 6.69. The Bertz CT molecular complexity index is 196. The Morgan fingerprint density at radius 2 is 2.67 bits per heavy atom. The van der Waals surface area contributed by atoms with E-state index in [1.54, 1.807) is 11.4 Å². The number of carboxylic acid groups (broad SMARTS) is 1. The summed E-state index contributed by atoms with van der Waals surface area (Å²) in [5.74, 6) is 0.382. The first-order chi connectivity index (χ1) is 4.29. The highest BCUT2D eigenvalue weighted by Gasteiger charge is 1.96. The fourth-order valence-electron chi connectivity index (χ4n) is 0.387. The molecule has 0 spiro atoms. The number of nitrogens with zero attached hydrogens (tertiary/aromatic N) is 1. The molecule has 0 saturated heterocycles. The van der Waals surface area contributed by atoms with Crippen LogP contribution in [-0.4, -0.2) is 15.6 Å². The van der Waals surface area contributed by atoms with E-state index in [-0.39, 0.29) is 0 Å². The van der Waals surface area contributed by atoms with E-state index < -0.39 is 6.09 Å². The van der Waals surface area contributed by atoms with Crippen molar-refractivity contribution < 1.29 is 9.90 Å². The number of carbonyl (C=O) groups is 1. The van der Waals surface area contributed by atoms with Gasteiger partial charge in [-0.1, -0.05) is 0 Å². The van der Waals surface area contributed by atoms with Crippen LogP contribution in [0.15, 0.2) is 11.4 Å². The Hall–Kier alpha value is -1.10. The summed E-state index contributed by atoms with van der Waals surface area (Å²) in [6.45, 7) is 0. The predicted octanol–water partition coefficient (Wildman–Crippen LogP) is 1.23. The van der Waals surface area contributed by atoms with Gasteiger partial charge in [-0.3, -0.25) is 5.32 Å². The highest BCUT2D eigenvalue weighted by atomic mass is 32.1. The molecule has 4 nitrogen and oxygen atoms in total. The van der Waals surface area contributed by atoms with Crippen molar-refractivity contribution in [2.45, 2.75) is 0 Å². The van der Waals surface area contributed by atoms with E-state index in [1.807, 2.05) is 0 Å². The molecule has 0 bridgehead atoms. The maximum Gasteiger partial charge on any atom is 0.410 e. The average Bonchev–Trinajstić information content (AvgIpc) is 2.15. The number of amides is 1. The van der Waals surface area contributed by atoms with Gasteiger partial charge in [0.25, 0.3) is 0 Å². The van der Waals surface area contributed by atoms with Crippen LogP contribution in [0.5, 0.6) is 0 Å². The van der Waals surface area contributed by atoms with Crippen LogP contribution >= 0.6 is 11.5 Å². The van der Waals surface area contributed by atoms with Gasteiger partial charge in [-0.25, -0.2) is 4.79 Å². The van der Waals surface area contributed by atoms with Crippen LogP contribution < -0.4 is 5.32 Å². The van der Waals surface area contributed by atoms with Crippen molar-refractivity contribution in [2.75, 3.05) is 5.32 Å². The van der Waals surface area contributed by atoms with Gasteiger partial charge in [-0.05, 0) is 17.6 Å². The van der Waals surface area contributed by atoms with Gasteiger partial charge in [-0.2, -0.15) is 4.37 Å². The molecule has 1 rings (SSSR count). The first kappa shape index (κ1) is 6.03. The second-order valence-electron chi connectivity index (χ2n) is 1.31. The molecule has 1 aromatic heterocycles. The predicted molar refractivity (Wildman–Crippen MR) is 33.8 cm³/mol. The van der Waals surface area contributed by atoms with E-state index in [4.69, 9.17) is 5.11 Å². The molecule has 1 aromatic rings. The van der Waals surface area contributed by atoms with Crippen LogP contribution in [0.4, 0.5) is 10.6 Å². The number of aromatic nitrogens is 1. The topological polar surface area (TPSA) is 62.2 Å². The maximum absolute atomic E-state index is 9.92. The molecule has 0 aliphatic carbocycles. The van der Waals surface area contributed by atoms with Gasteiger partial charge in [0.1, 0.15) is 5.82 Å². The van der Waals surface area contributed by atoms with Crippen molar-refractivity contribution >= 4 is 23.4 Å². The highest BCUT2D eigenvalue weighted by Crippen LogP contribution is 2.04. The Morgan fingerprint density at radius 3 is 3.11 bits per heavy atom. The summed E-state index contributed by atoms with van der Waals surface area (Å²) in [5.41, 5.74) is 0. The van der Waals surface area contributed by atoms with Crippen LogP contribution in [0.2, 0.25) is 0 Å². The molecule has 1 heterocycles. The molecule has 0 unspecified atom stereocenters. The molecule has 1 amide bonds. The summed E-state index contributed by atoms with van der Waals surface area (Å²) in [7, 11) is 0. The molecule has 5 heteroatoms. The Kier molecular flexibility index (Phi) is 1.64. The standard InChI is InChI=1S/C4H4N2O2S/c7-4(8)5-3-1-2-9-6-3/h1-2H,(H,5,6)(H,7,8). The fourth-order valence-corrected chi connectivity index (χ4v) is 0.857. The molecular formula is C4H4N2O2S. The lowest BCUT2D eigenvalue weighted by Gasteiger charge is -1.89. The molecule has 2 N–H and O–H groups in total. The van der Waals surface area contributed by atoms with Crippen molar-refractivity contribution in [3.8, 4) is 0 Å². The highest BCUT2D eigenvalue weighted by molar-refractivity contribution is 7.03. The van der Waals surface area contributed by atoms with Gasteiger partial charge in [0, 0.05) is 5.38 Å². The summed E-state index contributed by atoms with van der Waals surface area (Å²) in [6, 6.07) is 1.60. The SMILES string of the molecule is O=C(O)Nc1ccsn1. The van der Waals surface area contributed by atoms with Gasteiger partial charge in [0.2, 0.25) is 0 Å². The van der Waals surface area contributed by atoms with E-state index in [1.165, 1.54) is 11.5 Å². The third-order valence-electron chi connectivity index (χ3n) is 0.673. The van der Waals surface area contributed by atoms with Gasteiger partial charge >= 0.3 is 6.09 Å². The minimum Gasteiger partial charge on any atom is -0.465 e. The summed E-state index contributed by atoms with van der Waals surface area (Å²) < 4.78 is 3.71. The molecule has 0 atom stereocenters. The number of hydrogen-bond acceptors (Lipinski definition) is 3. The molecule has 0 aliphatic heterocycles. The normalized spacial score (nSPS) is 8.89. The van der Waals surface area contributed by atoms with Gasteiger partial charge < -0.3 is 5.11 Å². The van der Waals surface area contributed by atoms with E-state index in [9.17, 15) is 4.79 Å². The lowest BCUT2D eigenvalue weighted by Crippen LogP contribution is -2.06. The van der Waals surface area contributed by atoms with Gasteiger partial charge in [-0.15, -0.1) is 0 Å². The average molecular weight is 144 g/mol. The second-order valence-corrected chi connectivity index (χ2v) is 1.98. The molecule has 0 saturated carbocycles. The third kappa shape index (κ3) is 1.69. The monoisotopic (exact) mass is 144 g/mol. The summed E-state index contributed by atoms with van der Waals surface area (Å²) >= 11 is 1.21. The third-order valence-corrected chi connectivity index (χ3v) is 1.23. The van der Waals surface area contributed by atoms with E-state index in [0.717, 1.165) is 0 Å². The Balaban J connectivity index is 2.58. The number of rotatable bonds is 1. The van der Waals surface area contributed by atoms with Crippen molar-refractivity contribution in [1.82, 2.24) is 4.37 Å². The van der Waals surface area contributed by atoms with Gasteiger partial charge in [0.05, 0.1) is 0 Å². The number of nitrogens with one attached hydrogen (secondary N) is 1. The van der Waals surface area contributed by atoms with E-state index in [0.29, 0.717) is 5.82 Å². The number of anilines is 1. The van der Waals surface area contributed by atoms with Crippen molar-refractivity contribution in [1.29, 1.82) is 0 Å². The molecule has 0 radical (unpaired) electrons. The van der Waals surface area contributed by atoms with Crippen LogP contribution in [0.3, 0.4) is 0 Å². The smallest absolute Gasteiger partial charge is 0.410 e. The lowest BCUT2D eigenvalue weighted by atomic mass is 10.6. The Morgan fingerprint density at radius 1 is 1.89 bits per heavy atom. The van der Waals surface area contributed by atoms with Crippen LogP contribution in [0, 0.1) is 0 Å². The summed E-state index contributed by atoms with van der Waals surface area (Å²) in [4.78, 5) is 9.92. The molecule has 0 fully saturated rings. The molecule has 9 heavy (non-hydrogen) atoms. The van der Waals surface area contributed by atoms with Crippen molar-refractivity contribution in [2.24, 2.45) is 0 Å². The van der Waals surface area contributed by atoms with Crippen LogP contribution in [-0.2, 0) is 0 Å². The fraction of sp³-hybridized carbons (Fsp3) is 0. The van der Waals surface area contributed by atoms with E-state index in [2.05, 4.69) is 9.69 Å². The first-order valence-corrected chi connectivity index (χ1v) is 3.03. The van der Waals surface area contributed by atoms with Crippen molar-refractivity contribution in [3.63, 3.8) is 0 Å². The summed E-state index contributed by atoms with van der Waals surface area (Å²) in [6.07, 6.45) is -1.08.